The predicted octanol–water partition coefficient (Wildman–Crippen LogP) is 8.98. The van der Waals surface area contributed by atoms with Crippen LogP contribution in [0.2, 0.25) is 0 Å². The number of thiol groups is 2. The highest BCUT2D eigenvalue weighted by Crippen LogP contribution is 2.46. The van der Waals surface area contributed by atoms with Crippen molar-refractivity contribution < 1.29 is 14.7 Å². The van der Waals surface area contributed by atoms with E-state index in [1.165, 1.54) is 0 Å². The average Bonchev–Trinajstić information content (AvgIpc) is 3.14. The maximum atomic E-state index is 14.5. The molecular weight excluding hydrogens is 643 g/mol. The van der Waals surface area contributed by atoms with E-state index in [9.17, 15) is 14.7 Å². The van der Waals surface area contributed by atoms with E-state index in [0.29, 0.717) is 0 Å². The van der Waals surface area contributed by atoms with Gasteiger partial charge in [0, 0.05) is 21.6 Å². The van der Waals surface area contributed by atoms with Crippen LogP contribution in [-0.2, 0) is 20.4 Å². The Kier molecular flexibility index (Phi) is 10.4. The molecule has 0 spiro atoms. The number of benzene rings is 6. The molecule has 0 radical (unpaired) electrons. The molecule has 1 atom stereocenters. The highest BCUT2D eigenvalue weighted by Gasteiger charge is 2.43. The van der Waals surface area contributed by atoms with E-state index in [0.717, 1.165) is 43.2 Å². The van der Waals surface area contributed by atoms with Crippen molar-refractivity contribution in [1.29, 1.82) is 0 Å². The number of carboxylic acid groups (broad SMARTS) is 1. The predicted molar refractivity (Wildman–Crippen MR) is 202 cm³/mol. The van der Waals surface area contributed by atoms with Crippen molar-refractivity contribution in [3.05, 3.63) is 203 Å². The zero-order valence-corrected chi connectivity index (χ0v) is 28.6. The number of carbonyl (C=O) groups excluding carboxylic acids is 1. The molecular formula is C43H37NO3S2. The summed E-state index contributed by atoms with van der Waals surface area (Å²) in [7, 11) is 0. The number of carbonyl (C=O) groups is 2. The molecule has 6 heteroatoms. The fraction of sp³-hybridized carbons (Fsp3) is 0.116. The van der Waals surface area contributed by atoms with Gasteiger partial charge in [0.15, 0.2) is 0 Å². The Hall–Kier alpha value is -5.04. The Labute approximate surface area is 298 Å². The van der Waals surface area contributed by atoms with Crippen molar-refractivity contribution in [3.8, 4) is 0 Å². The fourth-order valence-electron chi connectivity index (χ4n) is 7.12. The van der Waals surface area contributed by atoms with E-state index in [2.05, 4.69) is 17.9 Å². The van der Waals surface area contributed by atoms with E-state index < -0.39 is 28.7 Å². The zero-order valence-electron chi connectivity index (χ0n) is 26.8. The summed E-state index contributed by atoms with van der Waals surface area (Å²) in [6, 6.07) is 53.8. The standard InChI is InChI=1S/C43H37NO3S2/c45-40(30-43(33-20-9-3-10-21-33,34-22-11-4-12-23-34)37-26-13-14-27-39(37)49)44-38(41(46)47)29-42(31-16-5-1-6-17-31,32-18-7-2-8-19-32)35-24-15-25-36(48)28-35/h1-28,38,48-49H,29-30H2,(H,44,45)(H,46,47). The zero-order chi connectivity index (χ0) is 34.3. The molecule has 244 valence electrons. The highest BCUT2D eigenvalue weighted by atomic mass is 32.1. The molecule has 6 aromatic carbocycles. The Bertz CT molecular complexity index is 1940. The lowest BCUT2D eigenvalue weighted by atomic mass is 9.65. The third-order valence-corrected chi connectivity index (χ3v) is 10.0. The van der Waals surface area contributed by atoms with E-state index in [1.807, 2.05) is 170 Å². The lowest BCUT2D eigenvalue weighted by Gasteiger charge is -2.39. The number of carboxylic acids is 1. The summed E-state index contributed by atoms with van der Waals surface area (Å²) in [6.07, 6.45) is 0.0182. The molecule has 0 bridgehead atoms. The van der Waals surface area contributed by atoms with Crippen LogP contribution in [-0.4, -0.2) is 23.0 Å². The van der Waals surface area contributed by atoms with Gasteiger partial charge in [0.1, 0.15) is 6.04 Å². The summed E-state index contributed by atoms with van der Waals surface area (Å²) in [4.78, 5) is 29.3. The third kappa shape index (κ3) is 6.93. The first kappa shape index (κ1) is 33.8. The second kappa shape index (κ2) is 15.0. The first-order valence-corrected chi connectivity index (χ1v) is 17.1. The summed E-state index contributed by atoms with van der Waals surface area (Å²) < 4.78 is 0. The quantitative estimate of drug-likeness (QED) is 0.0772. The Balaban J connectivity index is 1.47. The largest absolute Gasteiger partial charge is 0.480 e. The van der Waals surface area contributed by atoms with Gasteiger partial charge in [-0.2, -0.15) is 0 Å². The number of hydrogen-bond acceptors (Lipinski definition) is 4. The number of amides is 1. The summed E-state index contributed by atoms with van der Waals surface area (Å²) in [5.41, 5.74) is 3.47. The second-order valence-corrected chi connectivity index (χ2v) is 13.2. The van der Waals surface area contributed by atoms with Gasteiger partial charge in [-0.3, -0.25) is 4.79 Å². The summed E-state index contributed by atoms with van der Waals surface area (Å²) in [6.45, 7) is 0. The molecule has 6 rings (SSSR count). The Morgan fingerprint density at radius 1 is 0.551 bits per heavy atom. The van der Waals surface area contributed by atoms with Crippen LogP contribution in [0, 0.1) is 0 Å². The molecule has 6 aromatic rings. The minimum absolute atomic E-state index is 0.0435. The summed E-state index contributed by atoms with van der Waals surface area (Å²) in [5.74, 6) is -1.51. The van der Waals surface area contributed by atoms with Crippen LogP contribution in [0.5, 0.6) is 0 Å². The molecule has 0 aromatic heterocycles. The third-order valence-electron chi connectivity index (χ3n) is 9.34. The van der Waals surface area contributed by atoms with Crippen molar-refractivity contribution in [2.45, 2.75) is 39.5 Å². The van der Waals surface area contributed by atoms with Crippen LogP contribution in [0.15, 0.2) is 180 Å². The van der Waals surface area contributed by atoms with Gasteiger partial charge in [0.2, 0.25) is 5.91 Å². The molecule has 0 aliphatic carbocycles. The van der Waals surface area contributed by atoms with E-state index in [-0.39, 0.29) is 12.8 Å². The van der Waals surface area contributed by atoms with Gasteiger partial charge in [-0.1, -0.05) is 152 Å². The van der Waals surface area contributed by atoms with Gasteiger partial charge in [-0.15, -0.1) is 25.3 Å². The minimum atomic E-state index is -1.24. The summed E-state index contributed by atoms with van der Waals surface area (Å²) in [5, 5.41) is 13.8. The van der Waals surface area contributed by atoms with Crippen LogP contribution in [0.4, 0.5) is 0 Å². The molecule has 1 unspecified atom stereocenters. The molecule has 0 saturated heterocycles. The van der Waals surface area contributed by atoms with Gasteiger partial charge in [0.25, 0.3) is 0 Å². The smallest absolute Gasteiger partial charge is 0.326 e. The van der Waals surface area contributed by atoms with Crippen molar-refractivity contribution in [1.82, 2.24) is 5.32 Å². The number of rotatable bonds is 12. The monoisotopic (exact) mass is 679 g/mol. The summed E-state index contributed by atoms with van der Waals surface area (Å²) >= 11 is 9.53. The molecule has 49 heavy (non-hydrogen) atoms. The lowest BCUT2D eigenvalue weighted by molar-refractivity contribution is -0.142. The number of nitrogens with one attached hydrogen (secondary N) is 1. The van der Waals surface area contributed by atoms with Gasteiger partial charge in [-0.25, -0.2) is 4.79 Å². The Morgan fingerprint density at radius 2 is 0.980 bits per heavy atom. The van der Waals surface area contributed by atoms with Crippen LogP contribution in [0.3, 0.4) is 0 Å². The molecule has 0 aliphatic rings. The van der Waals surface area contributed by atoms with Gasteiger partial charge in [0.05, 0.1) is 5.41 Å². The first-order valence-electron chi connectivity index (χ1n) is 16.2. The lowest BCUT2D eigenvalue weighted by Crippen LogP contribution is -2.48. The number of hydrogen-bond donors (Lipinski definition) is 4. The molecule has 2 N–H and O–H groups in total. The second-order valence-electron chi connectivity index (χ2n) is 12.2. The van der Waals surface area contributed by atoms with E-state index >= 15 is 0 Å². The van der Waals surface area contributed by atoms with Gasteiger partial charge >= 0.3 is 5.97 Å². The van der Waals surface area contributed by atoms with Gasteiger partial charge in [-0.05, 0) is 58.0 Å². The highest BCUT2D eigenvalue weighted by molar-refractivity contribution is 7.80. The maximum Gasteiger partial charge on any atom is 0.326 e. The SMILES string of the molecule is O=C(CC(c1ccccc1)(c1ccccc1)c1ccccc1S)NC(CC(c1ccccc1)(c1ccccc1)c1cccc(S)c1)C(=O)O. The van der Waals surface area contributed by atoms with Crippen molar-refractivity contribution in [2.75, 3.05) is 0 Å². The van der Waals surface area contributed by atoms with Crippen molar-refractivity contribution >= 4 is 37.1 Å². The van der Waals surface area contributed by atoms with Crippen LogP contribution in [0.1, 0.15) is 46.2 Å². The Morgan fingerprint density at radius 3 is 1.43 bits per heavy atom. The molecule has 0 saturated carbocycles. The van der Waals surface area contributed by atoms with Gasteiger partial charge < -0.3 is 10.4 Å². The normalized spacial score (nSPS) is 12.2. The first-order chi connectivity index (χ1) is 23.8. The van der Waals surface area contributed by atoms with Crippen molar-refractivity contribution in [3.63, 3.8) is 0 Å². The molecule has 1 amide bonds. The molecule has 0 fully saturated rings. The van der Waals surface area contributed by atoms with Crippen LogP contribution in [0.25, 0.3) is 0 Å². The molecule has 4 nitrogen and oxygen atoms in total. The van der Waals surface area contributed by atoms with E-state index in [4.69, 9.17) is 12.6 Å². The van der Waals surface area contributed by atoms with Crippen molar-refractivity contribution in [2.24, 2.45) is 0 Å². The molecule has 0 heterocycles. The van der Waals surface area contributed by atoms with Crippen LogP contribution >= 0.6 is 25.3 Å². The fourth-order valence-corrected chi connectivity index (χ4v) is 7.70. The number of aliphatic carboxylic acids is 1. The van der Waals surface area contributed by atoms with E-state index in [1.54, 1.807) is 0 Å². The minimum Gasteiger partial charge on any atom is -0.480 e. The van der Waals surface area contributed by atoms with Crippen LogP contribution < -0.4 is 5.32 Å². The average molecular weight is 680 g/mol. The molecule has 0 aliphatic heterocycles. The topological polar surface area (TPSA) is 66.4 Å². The maximum absolute atomic E-state index is 14.5.